The first-order valence-corrected chi connectivity index (χ1v) is 14.6. The van der Waals surface area contributed by atoms with Gasteiger partial charge in [-0.05, 0) is 62.8 Å². The Hall–Kier alpha value is -4.91. The fourth-order valence-electron chi connectivity index (χ4n) is 6.08. The lowest BCUT2D eigenvalue weighted by Gasteiger charge is -2.36. The first kappa shape index (κ1) is 28.2. The van der Waals surface area contributed by atoms with Gasteiger partial charge in [0.15, 0.2) is 0 Å². The molecule has 6 rings (SSSR count). The molecule has 218 valence electrons. The lowest BCUT2D eigenvalue weighted by molar-refractivity contribution is 0.00584. The molecule has 7 heteroatoms. The molecule has 0 amide bonds. The van der Waals surface area contributed by atoms with Crippen molar-refractivity contribution in [3.05, 3.63) is 136 Å². The van der Waals surface area contributed by atoms with Crippen LogP contribution < -0.4 is 0 Å². The first-order valence-electron chi connectivity index (χ1n) is 14.6. The van der Waals surface area contributed by atoms with E-state index in [0.29, 0.717) is 18.5 Å². The van der Waals surface area contributed by atoms with E-state index >= 15 is 0 Å². The van der Waals surface area contributed by atoms with Crippen LogP contribution in [0.3, 0.4) is 0 Å². The van der Waals surface area contributed by atoms with Gasteiger partial charge in [0.05, 0.1) is 23.6 Å². The number of rotatable bonds is 7. The Labute approximate surface area is 251 Å². The Morgan fingerprint density at radius 1 is 0.814 bits per heavy atom. The molecule has 2 aromatic heterocycles. The van der Waals surface area contributed by atoms with Crippen LogP contribution in [0.25, 0.3) is 11.3 Å². The van der Waals surface area contributed by atoms with Crippen LogP contribution in [0.4, 0.5) is 0 Å². The first-order chi connectivity index (χ1) is 20.7. The van der Waals surface area contributed by atoms with Crippen LogP contribution in [0.15, 0.2) is 97.2 Å². The van der Waals surface area contributed by atoms with E-state index in [1.807, 2.05) is 65.5 Å². The summed E-state index contributed by atoms with van der Waals surface area (Å²) in [5, 5.41) is 5.24. The van der Waals surface area contributed by atoms with E-state index in [4.69, 9.17) is 14.6 Å². The molecule has 2 heterocycles. The number of aromatic amines is 1. The number of hydrogen-bond acceptors (Lipinski definition) is 5. The van der Waals surface area contributed by atoms with Crippen molar-refractivity contribution in [2.24, 2.45) is 0 Å². The Morgan fingerprint density at radius 2 is 1.35 bits per heavy atom. The molecule has 0 fully saturated rings. The number of carbonyl (C=O) groups excluding carboxylic acids is 2. The monoisotopic (exact) mass is 573 g/mol. The summed E-state index contributed by atoms with van der Waals surface area (Å²) in [6.45, 7) is 7.36. The molecular weight excluding hydrogens is 538 g/mol. The van der Waals surface area contributed by atoms with Crippen molar-refractivity contribution in [2.45, 2.75) is 51.7 Å². The zero-order valence-corrected chi connectivity index (χ0v) is 24.9. The van der Waals surface area contributed by atoms with E-state index in [2.05, 4.69) is 41.4 Å². The summed E-state index contributed by atoms with van der Waals surface area (Å²) >= 11 is 0. The highest BCUT2D eigenvalue weighted by atomic mass is 16.6. The molecule has 7 nitrogen and oxygen atoms in total. The Balaban J connectivity index is 1.60. The third-order valence-electron chi connectivity index (χ3n) is 7.78. The van der Waals surface area contributed by atoms with Crippen molar-refractivity contribution < 1.29 is 19.1 Å². The number of aromatic nitrogens is 3. The van der Waals surface area contributed by atoms with Gasteiger partial charge in [0, 0.05) is 11.8 Å². The van der Waals surface area contributed by atoms with E-state index in [1.54, 1.807) is 27.7 Å². The predicted molar refractivity (Wildman–Crippen MR) is 165 cm³/mol. The molecule has 0 atom stereocenters. The number of ether oxygens (including phenoxy) is 2. The minimum atomic E-state index is -0.786. The Morgan fingerprint density at radius 3 is 1.84 bits per heavy atom. The average molecular weight is 574 g/mol. The maximum atomic E-state index is 13.4. The maximum absolute atomic E-state index is 13.4. The number of fused-ring (bicyclic) bond motifs is 3. The van der Waals surface area contributed by atoms with Crippen LogP contribution in [0, 0.1) is 0 Å². The molecule has 1 N–H and O–H groups in total. The summed E-state index contributed by atoms with van der Waals surface area (Å²) < 4.78 is 13.1. The van der Waals surface area contributed by atoms with Gasteiger partial charge in [-0.3, -0.25) is 4.68 Å². The zero-order chi connectivity index (χ0) is 30.2. The molecule has 1 aliphatic rings. The number of aryl methyl sites for hydroxylation is 1. The topological polar surface area (TPSA) is 86.2 Å². The fraction of sp³-hybridized carbons (Fsp3) is 0.250. The van der Waals surface area contributed by atoms with Gasteiger partial charge in [0.2, 0.25) is 0 Å². The fourth-order valence-corrected chi connectivity index (χ4v) is 6.08. The van der Waals surface area contributed by atoms with Gasteiger partial charge in [-0.25, -0.2) is 9.59 Å². The number of hydrogen-bond donors (Lipinski definition) is 1. The van der Waals surface area contributed by atoms with Gasteiger partial charge in [-0.2, -0.15) is 5.10 Å². The van der Waals surface area contributed by atoms with E-state index in [-0.39, 0.29) is 17.9 Å². The van der Waals surface area contributed by atoms with E-state index in [1.165, 1.54) is 0 Å². The molecule has 5 aromatic rings. The van der Waals surface area contributed by atoms with Gasteiger partial charge in [0.25, 0.3) is 0 Å². The van der Waals surface area contributed by atoms with Crippen LogP contribution in [-0.2, 0) is 27.9 Å². The Kier molecular flexibility index (Phi) is 7.26. The molecule has 0 saturated heterocycles. The minimum absolute atomic E-state index is 0.111. The van der Waals surface area contributed by atoms with Crippen molar-refractivity contribution in [3.8, 4) is 11.3 Å². The molecule has 0 spiro atoms. The number of esters is 2. The van der Waals surface area contributed by atoms with Gasteiger partial charge < -0.3 is 14.5 Å². The summed E-state index contributed by atoms with van der Waals surface area (Å²) in [4.78, 5) is 29.9. The molecule has 1 aliphatic carbocycles. The molecule has 0 bridgehead atoms. The maximum Gasteiger partial charge on any atom is 0.356 e. The van der Waals surface area contributed by atoms with E-state index in [0.717, 1.165) is 33.5 Å². The molecule has 0 saturated carbocycles. The second-order valence-electron chi connectivity index (χ2n) is 11.7. The quantitative estimate of drug-likeness (QED) is 0.168. The number of carbonyl (C=O) groups is 2. The highest BCUT2D eigenvalue weighted by Gasteiger charge is 2.41. The highest BCUT2D eigenvalue weighted by Crippen LogP contribution is 2.44. The molecule has 0 aliphatic heterocycles. The summed E-state index contributed by atoms with van der Waals surface area (Å²) in [5.74, 6) is -1.13. The molecule has 43 heavy (non-hydrogen) atoms. The second kappa shape index (κ2) is 11.1. The average Bonchev–Trinajstić information content (AvgIpc) is 3.61. The van der Waals surface area contributed by atoms with Crippen LogP contribution in [0.2, 0.25) is 0 Å². The van der Waals surface area contributed by atoms with Crippen molar-refractivity contribution in [3.63, 3.8) is 0 Å². The SMILES string of the molecule is CCOC(=O)c1c(C(=O)OC(C)(C)C)[nH]c2c1CCc1nn(C(c3ccccc3)(c3ccccc3)c3ccccc3)cc1-2. The van der Waals surface area contributed by atoms with Gasteiger partial charge >= 0.3 is 11.9 Å². The standard InChI is InChI=1S/C36H35N3O4/c1-5-42-33(40)30-27-21-22-29-28(31(27)37-32(30)34(41)43-35(2,3)4)23-39(38-29)36(24-15-9-6-10-16-24,25-17-11-7-12-18-25)26-19-13-8-14-20-26/h6-20,23,37H,5,21-22H2,1-4H3. The Bertz CT molecular complexity index is 1670. The van der Waals surface area contributed by atoms with E-state index < -0.39 is 23.1 Å². The normalized spacial score (nSPS) is 12.7. The predicted octanol–water partition coefficient (Wildman–Crippen LogP) is 6.95. The summed E-state index contributed by atoms with van der Waals surface area (Å²) in [6, 6.07) is 31.0. The van der Waals surface area contributed by atoms with Crippen LogP contribution in [0.5, 0.6) is 0 Å². The molecule has 0 radical (unpaired) electrons. The van der Waals surface area contributed by atoms with Gasteiger partial charge in [0.1, 0.15) is 16.8 Å². The van der Waals surface area contributed by atoms with Gasteiger partial charge in [-0.1, -0.05) is 91.0 Å². The summed E-state index contributed by atoms with van der Waals surface area (Å²) in [6.07, 6.45) is 3.16. The third-order valence-corrected chi connectivity index (χ3v) is 7.78. The second-order valence-corrected chi connectivity index (χ2v) is 11.7. The number of benzene rings is 3. The van der Waals surface area contributed by atoms with E-state index in [9.17, 15) is 9.59 Å². The lowest BCUT2D eigenvalue weighted by atomic mass is 9.77. The minimum Gasteiger partial charge on any atom is -0.462 e. The summed E-state index contributed by atoms with van der Waals surface area (Å²) in [7, 11) is 0. The van der Waals surface area contributed by atoms with Crippen molar-refractivity contribution in [2.75, 3.05) is 6.61 Å². The summed E-state index contributed by atoms with van der Waals surface area (Å²) in [5.41, 5.74) is 5.17. The highest BCUT2D eigenvalue weighted by molar-refractivity contribution is 6.05. The lowest BCUT2D eigenvalue weighted by Crippen LogP contribution is -2.38. The molecule has 0 unspecified atom stereocenters. The van der Waals surface area contributed by atoms with Crippen LogP contribution in [0.1, 0.15) is 76.5 Å². The van der Waals surface area contributed by atoms with Gasteiger partial charge in [-0.15, -0.1) is 0 Å². The molecular formula is C36H35N3O4. The number of nitrogens with one attached hydrogen (secondary N) is 1. The molecule has 3 aromatic carbocycles. The van der Waals surface area contributed by atoms with Crippen LogP contribution in [-0.4, -0.2) is 38.9 Å². The van der Waals surface area contributed by atoms with Crippen LogP contribution >= 0.6 is 0 Å². The third kappa shape index (κ3) is 4.95. The number of H-pyrrole nitrogens is 1. The number of nitrogens with zero attached hydrogens (tertiary/aromatic N) is 2. The largest absolute Gasteiger partial charge is 0.462 e. The van der Waals surface area contributed by atoms with Crippen molar-refractivity contribution in [1.82, 2.24) is 14.8 Å². The van der Waals surface area contributed by atoms with Crippen molar-refractivity contribution >= 4 is 11.9 Å². The zero-order valence-electron chi connectivity index (χ0n) is 24.9. The van der Waals surface area contributed by atoms with Crippen molar-refractivity contribution in [1.29, 1.82) is 0 Å². The smallest absolute Gasteiger partial charge is 0.356 e.